The van der Waals surface area contributed by atoms with Crippen LogP contribution in [0.5, 0.6) is 5.75 Å². The molecule has 1 fully saturated rings. The summed E-state index contributed by atoms with van der Waals surface area (Å²) in [6, 6.07) is 3.38. The van der Waals surface area contributed by atoms with Crippen LogP contribution in [0, 0.1) is 5.92 Å². The molecule has 1 aromatic rings. The molecule has 0 aliphatic carbocycles. The van der Waals surface area contributed by atoms with Crippen molar-refractivity contribution >= 4 is 29.2 Å². The fraction of sp³-hybridized carbons (Fsp3) is 0.500. The minimum Gasteiger partial charge on any atom is -0.492 e. The van der Waals surface area contributed by atoms with Gasteiger partial charge < -0.3 is 14.7 Å². The van der Waals surface area contributed by atoms with E-state index in [1.165, 1.54) is 0 Å². The Kier molecular flexibility index (Phi) is 4.46. The minimum absolute atomic E-state index is 0.0258. The number of benzene rings is 1. The molecule has 0 spiro atoms. The molecule has 2 heterocycles. The third kappa shape index (κ3) is 2.88. The second-order valence-electron chi connectivity index (χ2n) is 6.04. The maximum atomic E-state index is 12.1. The highest BCUT2D eigenvalue weighted by Crippen LogP contribution is 2.39. The molecule has 7 heteroatoms. The Balaban J connectivity index is 1.90. The van der Waals surface area contributed by atoms with Crippen LogP contribution in [0.3, 0.4) is 0 Å². The van der Waals surface area contributed by atoms with E-state index in [0.29, 0.717) is 36.3 Å². The molecule has 1 unspecified atom stereocenters. The molecule has 1 saturated heterocycles. The molecule has 0 bridgehead atoms. The summed E-state index contributed by atoms with van der Waals surface area (Å²) in [6.45, 7) is 5.03. The molecule has 124 valence electrons. The lowest BCUT2D eigenvalue weighted by molar-refractivity contribution is -0.122. The maximum Gasteiger partial charge on any atom is 0.249 e. The van der Waals surface area contributed by atoms with Crippen molar-refractivity contribution < 1.29 is 14.6 Å². The van der Waals surface area contributed by atoms with E-state index < -0.39 is 0 Å². The maximum absolute atomic E-state index is 12.1. The van der Waals surface area contributed by atoms with Crippen molar-refractivity contribution in [2.75, 3.05) is 13.2 Å². The van der Waals surface area contributed by atoms with E-state index in [2.05, 4.69) is 10.3 Å². The number of aliphatic hydroxyl groups is 1. The van der Waals surface area contributed by atoms with E-state index >= 15 is 0 Å². The van der Waals surface area contributed by atoms with E-state index in [9.17, 15) is 4.79 Å². The number of fused-ring (bicyclic) bond motifs is 2. The normalized spacial score (nSPS) is 19.3. The Morgan fingerprint density at radius 2 is 2.30 bits per heavy atom. The number of halogens is 1. The van der Waals surface area contributed by atoms with Crippen LogP contribution in [0.1, 0.15) is 25.8 Å². The summed E-state index contributed by atoms with van der Waals surface area (Å²) in [5, 5.41) is 12.2. The Bertz CT molecular complexity index is 660. The molecule has 3 rings (SSSR count). The molecular formula is C16H20ClN3O3. The van der Waals surface area contributed by atoms with Gasteiger partial charge in [0.15, 0.2) is 0 Å². The second kappa shape index (κ2) is 6.37. The molecule has 0 radical (unpaired) electrons. The van der Waals surface area contributed by atoms with Crippen LogP contribution in [0.15, 0.2) is 17.1 Å². The fourth-order valence-electron chi connectivity index (χ4n) is 2.94. The van der Waals surface area contributed by atoms with Gasteiger partial charge in [0, 0.05) is 18.6 Å². The van der Waals surface area contributed by atoms with Gasteiger partial charge >= 0.3 is 0 Å². The lowest BCUT2D eigenvalue weighted by atomic mass is 10.0. The van der Waals surface area contributed by atoms with Crippen molar-refractivity contribution in [1.82, 2.24) is 10.2 Å². The van der Waals surface area contributed by atoms with Gasteiger partial charge in [-0.25, -0.2) is 4.99 Å². The number of rotatable bonds is 5. The third-order valence-electron chi connectivity index (χ3n) is 4.04. The zero-order chi connectivity index (χ0) is 16.6. The van der Waals surface area contributed by atoms with E-state index in [1.807, 2.05) is 24.8 Å². The van der Waals surface area contributed by atoms with Gasteiger partial charge in [0.05, 0.1) is 23.9 Å². The van der Waals surface area contributed by atoms with Gasteiger partial charge in [-0.1, -0.05) is 25.4 Å². The highest BCUT2D eigenvalue weighted by Gasteiger charge is 2.41. The zero-order valence-electron chi connectivity index (χ0n) is 13.2. The SMILES string of the molecule is CC(C)C1C(=O)NC2=Nc3ccc(OCCCO)c(Cl)c3CN21. The molecule has 23 heavy (non-hydrogen) atoms. The lowest BCUT2D eigenvalue weighted by Gasteiger charge is -2.30. The smallest absolute Gasteiger partial charge is 0.249 e. The quantitative estimate of drug-likeness (QED) is 0.807. The number of guanidine groups is 1. The molecule has 2 aliphatic heterocycles. The molecule has 2 N–H and O–H groups in total. The summed E-state index contributed by atoms with van der Waals surface area (Å²) in [4.78, 5) is 18.6. The first kappa shape index (κ1) is 16.1. The molecule has 2 aliphatic rings. The third-order valence-corrected chi connectivity index (χ3v) is 4.46. The number of hydrogen-bond acceptors (Lipinski definition) is 5. The predicted octanol–water partition coefficient (Wildman–Crippen LogP) is 2.06. The summed E-state index contributed by atoms with van der Waals surface area (Å²) in [6.07, 6.45) is 0.551. The Morgan fingerprint density at radius 1 is 1.52 bits per heavy atom. The number of ether oxygens (including phenoxy) is 1. The molecule has 1 aromatic carbocycles. The monoisotopic (exact) mass is 337 g/mol. The Labute approximate surface area is 140 Å². The number of nitrogens with zero attached hydrogens (tertiary/aromatic N) is 2. The van der Waals surface area contributed by atoms with Gasteiger partial charge in [0.25, 0.3) is 0 Å². The van der Waals surface area contributed by atoms with E-state index in [-0.39, 0.29) is 24.5 Å². The van der Waals surface area contributed by atoms with Crippen molar-refractivity contribution in [1.29, 1.82) is 0 Å². The van der Waals surface area contributed by atoms with Crippen molar-refractivity contribution in [3.63, 3.8) is 0 Å². The number of amides is 1. The topological polar surface area (TPSA) is 74.2 Å². The Hall–Kier alpha value is -1.79. The number of hydrogen-bond donors (Lipinski definition) is 2. The molecular weight excluding hydrogens is 318 g/mol. The van der Waals surface area contributed by atoms with Crippen molar-refractivity contribution in [3.05, 3.63) is 22.7 Å². The number of carbonyl (C=O) groups excluding carboxylic acids is 1. The van der Waals surface area contributed by atoms with E-state index in [4.69, 9.17) is 21.4 Å². The standard InChI is InChI=1S/C16H20ClN3O3/c1-9(2)14-15(22)19-16-18-11-4-5-12(23-7-3-6-21)13(17)10(11)8-20(14)16/h4-5,9,14,21H,3,6-8H2,1-2H3,(H,18,19,22). The first-order valence-corrected chi connectivity index (χ1v) is 8.12. The van der Waals surface area contributed by atoms with Crippen LogP contribution in [0.4, 0.5) is 5.69 Å². The zero-order valence-corrected chi connectivity index (χ0v) is 13.9. The van der Waals surface area contributed by atoms with E-state index in [1.54, 1.807) is 6.07 Å². The van der Waals surface area contributed by atoms with Crippen LogP contribution < -0.4 is 10.1 Å². The van der Waals surface area contributed by atoms with Gasteiger partial charge in [-0.05, 0) is 18.1 Å². The second-order valence-corrected chi connectivity index (χ2v) is 6.42. The lowest BCUT2D eigenvalue weighted by Crippen LogP contribution is -2.40. The largest absolute Gasteiger partial charge is 0.492 e. The summed E-state index contributed by atoms with van der Waals surface area (Å²) in [5.74, 6) is 1.32. The van der Waals surface area contributed by atoms with Crippen molar-refractivity contribution in [2.24, 2.45) is 10.9 Å². The van der Waals surface area contributed by atoms with Gasteiger partial charge in [0.1, 0.15) is 11.8 Å². The summed E-state index contributed by atoms with van der Waals surface area (Å²) in [5.41, 5.74) is 1.61. The van der Waals surface area contributed by atoms with E-state index in [0.717, 1.165) is 11.3 Å². The molecule has 1 amide bonds. The number of nitrogens with one attached hydrogen (secondary N) is 1. The average Bonchev–Trinajstić information content (AvgIpc) is 2.83. The summed E-state index contributed by atoms with van der Waals surface area (Å²) >= 11 is 6.47. The van der Waals surface area contributed by atoms with Gasteiger partial charge in [-0.2, -0.15) is 0 Å². The van der Waals surface area contributed by atoms with Crippen LogP contribution in [0.25, 0.3) is 0 Å². The molecule has 0 aromatic heterocycles. The average molecular weight is 338 g/mol. The summed E-state index contributed by atoms with van der Waals surface area (Å²) in [7, 11) is 0. The number of aliphatic imine (C=N–C) groups is 1. The minimum atomic E-state index is -0.239. The predicted molar refractivity (Wildman–Crippen MR) is 88.1 cm³/mol. The van der Waals surface area contributed by atoms with Crippen molar-refractivity contribution in [2.45, 2.75) is 32.9 Å². The van der Waals surface area contributed by atoms with Crippen LogP contribution in [0.2, 0.25) is 5.02 Å². The first-order valence-electron chi connectivity index (χ1n) is 7.74. The van der Waals surface area contributed by atoms with Gasteiger partial charge in [0.2, 0.25) is 11.9 Å². The highest BCUT2D eigenvalue weighted by atomic mass is 35.5. The van der Waals surface area contributed by atoms with Gasteiger partial charge in [-0.15, -0.1) is 0 Å². The molecule has 6 nitrogen and oxygen atoms in total. The number of aliphatic hydroxyl groups excluding tert-OH is 1. The first-order chi connectivity index (χ1) is 11.0. The van der Waals surface area contributed by atoms with Crippen molar-refractivity contribution in [3.8, 4) is 5.75 Å². The van der Waals surface area contributed by atoms with Gasteiger partial charge in [-0.3, -0.25) is 10.1 Å². The highest BCUT2D eigenvalue weighted by molar-refractivity contribution is 6.33. The molecule has 0 saturated carbocycles. The number of carbonyl (C=O) groups is 1. The Morgan fingerprint density at radius 3 is 3.00 bits per heavy atom. The van der Waals surface area contributed by atoms with Crippen LogP contribution >= 0.6 is 11.6 Å². The fourth-order valence-corrected chi connectivity index (χ4v) is 3.22. The van der Waals surface area contributed by atoms with Crippen LogP contribution in [-0.2, 0) is 11.3 Å². The summed E-state index contributed by atoms with van der Waals surface area (Å²) < 4.78 is 5.61. The molecule has 1 atom stereocenters. The van der Waals surface area contributed by atoms with Crippen LogP contribution in [-0.4, -0.2) is 41.1 Å².